The fourth-order valence-electron chi connectivity index (χ4n) is 3.04. The van der Waals surface area contributed by atoms with Crippen molar-refractivity contribution in [3.63, 3.8) is 0 Å². The van der Waals surface area contributed by atoms with Crippen molar-refractivity contribution in [2.24, 2.45) is 5.92 Å². The smallest absolute Gasteiger partial charge is 0.214 e. The van der Waals surface area contributed by atoms with E-state index in [-0.39, 0.29) is 11.8 Å². The molecule has 1 N–H and O–H groups in total. The highest BCUT2D eigenvalue weighted by atomic mass is 32.2. The Bertz CT molecular complexity index is 379. The van der Waals surface area contributed by atoms with Crippen LogP contribution in [0.1, 0.15) is 51.9 Å². The van der Waals surface area contributed by atoms with E-state index in [9.17, 15) is 8.42 Å². The third-order valence-electron chi connectivity index (χ3n) is 4.56. The molecule has 2 fully saturated rings. The fourth-order valence-corrected chi connectivity index (χ4v) is 4.56. The number of rotatable bonds is 7. The summed E-state index contributed by atoms with van der Waals surface area (Å²) in [6.07, 6.45) is 7.84. The molecule has 112 valence electrons. The minimum absolute atomic E-state index is 0.218. The van der Waals surface area contributed by atoms with Crippen molar-refractivity contribution in [1.29, 1.82) is 0 Å². The number of hydrogen-bond acceptors (Lipinski definition) is 3. The number of sulfonamides is 1. The number of nitrogens with one attached hydrogen (secondary N) is 1. The Balaban J connectivity index is 1.78. The van der Waals surface area contributed by atoms with Crippen LogP contribution in [0.5, 0.6) is 0 Å². The van der Waals surface area contributed by atoms with Gasteiger partial charge in [-0.3, -0.25) is 0 Å². The Morgan fingerprint density at radius 1 is 1.16 bits per heavy atom. The van der Waals surface area contributed by atoms with Crippen molar-refractivity contribution in [2.45, 2.75) is 64.0 Å². The summed E-state index contributed by atoms with van der Waals surface area (Å²) in [6.45, 7) is 3.02. The molecular weight excluding hydrogens is 260 g/mol. The molecular formula is C14H28N2O2S. The number of hydrogen-bond donors (Lipinski definition) is 1. The van der Waals surface area contributed by atoms with Crippen molar-refractivity contribution in [1.82, 2.24) is 9.62 Å². The van der Waals surface area contributed by atoms with Crippen LogP contribution in [0.25, 0.3) is 0 Å². The molecule has 0 bridgehead atoms. The van der Waals surface area contributed by atoms with Crippen LogP contribution in [-0.2, 0) is 10.0 Å². The van der Waals surface area contributed by atoms with Gasteiger partial charge in [-0.25, -0.2) is 12.7 Å². The topological polar surface area (TPSA) is 49.4 Å². The van der Waals surface area contributed by atoms with E-state index < -0.39 is 10.0 Å². The second kappa shape index (κ2) is 6.55. The van der Waals surface area contributed by atoms with Crippen LogP contribution in [0.4, 0.5) is 0 Å². The molecule has 0 saturated heterocycles. The second-order valence-corrected chi connectivity index (χ2v) is 8.39. The van der Waals surface area contributed by atoms with Crippen LogP contribution in [0.2, 0.25) is 0 Å². The zero-order valence-electron chi connectivity index (χ0n) is 12.3. The summed E-state index contributed by atoms with van der Waals surface area (Å²) in [5, 5.41) is 3.37. The first-order chi connectivity index (χ1) is 9.00. The maximum absolute atomic E-state index is 12.3. The summed E-state index contributed by atoms with van der Waals surface area (Å²) >= 11 is 0. The van der Waals surface area contributed by atoms with Gasteiger partial charge in [0.05, 0.1) is 5.75 Å². The van der Waals surface area contributed by atoms with Crippen LogP contribution >= 0.6 is 0 Å². The maximum atomic E-state index is 12.3. The lowest BCUT2D eigenvalue weighted by molar-refractivity contribution is 0.213. The molecule has 2 rings (SSSR count). The van der Waals surface area contributed by atoms with Gasteiger partial charge < -0.3 is 5.32 Å². The van der Waals surface area contributed by atoms with Crippen LogP contribution in [-0.4, -0.2) is 44.2 Å². The lowest BCUT2D eigenvalue weighted by Crippen LogP contribution is -2.43. The van der Waals surface area contributed by atoms with Crippen LogP contribution in [0.3, 0.4) is 0 Å². The molecule has 19 heavy (non-hydrogen) atoms. The molecule has 0 heterocycles. The molecule has 2 saturated carbocycles. The van der Waals surface area contributed by atoms with Gasteiger partial charge in [0, 0.05) is 19.1 Å². The van der Waals surface area contributed by atoms with Crippen molar-refractivity contribution < 1.29 is 8.42 Å². The third-order valence-corrected chi connectivity index (χ3v) is 6.51. The van der Waals surface area contributed by atoms with E-state index in [1.165, 1.54) is 19.3 Å². The maximum Gasteiger partial charge on any atom is 0.214 e. The minimum atomic E-state index is -3.08. The molecule has 5 heteroatoms. The zero-order valence-corrected chi connectivity index (χ0v) is 13.1. The minimum Gasteiger partial charge on any atom is -0.314 e. The van der Waals surface area contributed by atoms with Crippen molar-refractivity contribution in [2.75, 3.05) is 19.3 Å². The average molecular weight is 288 g/mol. The number of nitrogens with zero attached hydrogens (tertiary/aromatic N) is 1. The summed E-state index contributed by atoms with van der Waals surface area (Å²) < 4.78 is 26.3. The van der Waals surface area contributed by atoms with E-state index in [2.05, 4.69) is 12.2 Å². The largest absolute Gasteiger partial charge is 0.314 e. The molecule has 0 aliphatic heterocycles. The van der Waals surface area contributed by atoms with E-state index in [0.29, 0.717) is 12.0 Å². The van der Waals surface area contributed by atoms with Crippen molar-refractivity contribution in [3.8, 4) is 0 Å². The molecule has 2 atom stereocenters. The predicted molar refractivity (Wildman–Crippen MR) is 78.6 cm³/mol. The Morgan fingerprint density at radius 3 is 2.47 bits per heavy atom. The SMILES string of the molecule is CC1CCCCC1N(C)S(=O)(=O)CCCNC1CC1. The van der Waals surface area contributed by atoms with E-state index in [4.69, 9.17) is 0 Å². The summed E-state index contributed by atoms with van der Waals surface area (Å²) in [5.41, 5.74) is 0. The molecule has 0 spiro atoms. The lowest BCUT2D eigenvalue weighted by atomic mass is 9.86. The molecule has 2 aliphatic rings. The van der Waals surface area contributed by atoms with Gasteiger partial charge in [-0.1, -0.05) is 19.8 Å². The van der Waals surface area contributed by atoms with Gasteiger partial charge in [0.15, 0.2) is 0 Å². The summed E-state index contributed by atoms with van der Waals surface area (Å²) in [6, 6.07) is 0.883. The Morgan fingerprint density at radius 2 is 1.84 bits per heavy atom. The Kier molecular flexibility index (Phi) is 5.26. The predicted octanol–water partition coefficient (Wildman–Crippen LogP) is 1.97. The third kappa shape index (κ3) is 4.43. The molecule has 2 unspecified atom stereocenters. The van der Waals surface area contributed by atoms with E-state index in [0.717, 1.165) is 32.2 Å². The Hall–Kier alpha value is -0.130. The average Bonchev–Trinajstić information content (AvgIpc) is 3.18. The summed E-state index contributed by atoms with van der Waals surface area (Å²) in [7, 11) is -1.30. The van der Waals surface area contributed by atoms with Crippen molar-refractivity contribution in [3.05, 3.63) is 0 Å². The van der Waals surface area contributed by atoms with Crippen LogP contribution in [0, 0.1) is 5.92 Å². The van der Waals surface area contributed by atoms with Gasteiger partial charge >= 0.3 is 0 Å². The zero-order chi connectivity index (χ0) is 13.9. The molecule has 0 amide bonds. The van der Waals surface area contributed by atoms with Gasteiger partial charge in [-0.2, -0.15) is 0 Å². The standard InChI is InChI=1S/C14H28N2O2S/c1-12-6-3-4-7-14(12)16(2)19(17,18)11-5-10-15-13-8-9-13/h12-15H,3-11H2,1-2H3. The van der Waals surface area contributed by atoms with Gasteiger partial charge in [-0.05, 0) is 44.6 Å². The van der Waals surface area contributed by atoms with Crippen LogP contribution in [0.15, 0.2) is 0 Å². The first kappa shape index (κ1) is 15.3. The highest BCUT2D eigenvalue weighted by Crippen LogP contribution is 2.29. The quantitative estimate of drug-likeness (QED) is 0.729. The first-order valence-corrected chi connectivity index (χ1v) is 9.31. The summed E-state index contributed by atoms with van der Waals surface area (Å²) in [4.78, 5) is 0. The molecule has 2 aliphatic carbocycles. The highest BCUT2D eigenvalue weighted by molar-refractivity contribution is 7.89. The Labute approximate surface area is 118 Å². The fraction of sp³-hybridized carbons (Fsp3) is 1.00. The van der Waals surface area contributed by atoms with Gasteiger partial charge in [0.1, 0.15) is 0 Å². The van der Waals surface area contributed by atoms with Gasteiger partial charge in [0.25, 0.3) is 0 Å². The lowest BCUT2D eigenvalue weighted by Gasteiger charge is -2.35. The first-order valence-electron chi connectivity index (χ1n) is 7.70. The molecule has 0 aromatic heterocycles. The second-order valence-electron chi connectivity index (χ2n) is 6.24. The van der Waals surface area contributed by atoms with E-state index in [1.807, 2.05) is 0 Å². The van der Waals surface area contributed by atoms with Gasteiger partial charge in [0.2, 0.25) is 10.0 Å². The molecule has 0 aromatic rings. The molecule has 0 aromatic carbocycles. The van der Waals surface area contributed by atoms with E-state index in [1.54, 1.807) is 11.4 Å². The molecule has 4 nitrogen and oxygen atoms in total. The van der Waals surface area contributed by atoms with Crippen molar-refractivity contribution >= 4 is 10.0 Å². The van der Waals surface area contributed by atoms with Crippen LogP contribution < -0.4 is 5.32 Å². The van der Waals surface area contributed by atoms with E-state index >= 15 is 0 Å². The molecule has 0 radical (unpaired) electrons. The normalized spacial score (nSPS) is 28.8. The highest BCUT2D eigenvalue weighted by Gasteiger charge is 2.31. The van der Waals surface area contributed by atoms with Gasteiger partial charge in [-0.15, -0.1) is 0 Å². The summed E-state index contributed by atoms with van der Waals surface area (Å²) in [5.74, 6) is 0.782. The monoisotopic (exact) mass is 288 g/mol.